The Labute approximate surface area is 119 Å². The number of H-pyrrole nitrogens is 1. The van der Waals surface area contributed by atoms with Gasteiger partial charge in [-0.05, 0) is 19.1 Å². The lowest BCUT2D eigenvalue weighted by Gasteiger charge is -2.07. The maximum atomic E-state index is 11.9. The summed E-state index contributed by atoms with van der Waals surface area (Å²) in [6, 6.07) is 3.20. The summed E-state index contributed by atoms with van der Waals surface area (Å²) in [4.78, 5) is 26.7. The van der Waals surface area contributed by atoms with E-state index in [1.54, 1.807) is 25.4 Å². The van der Waals surface area contributed by atoms with E-state index in [0.717, 1.165) is 5.56 Å². The van der Waals surface area contributed by atoms with Crippen molar-refractivity contribution in [3.05, 3.63) is 48.6 Å². The lowest BCUT2D eigenvalue weighted by molar-refractivity contribution is 0.0928. The van der Waals surface area contributed by atoms with Gasteiger partial charge < -0.3 is 14.8 Å². The minimum atomic E-state index is -0.418. The molecule has 3 aromatic heterocycles. The molecular formula is C13H12N6O2. The van der Waals surface area contributed by atoms with Crippen LogP contribution in [0.5, 0.6) is 0 Å². The Hall–Kier alpha value is -3.03. The molecule has 21 heavy (non-hydrogen) atoms. The molecule has 0 saturated heterocycles. The average molecular weight is 284 g/mol. The van der Waals surface area contributed by atoms with Crippen LogP contribution in [0, 0.1) is 0 Å². The molecule has 1 atom stereocenters. The van der Waals surface area contributed by atoms with Crippen molar-refractivity contribution in [2.75, 3.05) is 0 Å². The summed E-state index contributed by atoms with van der Waals surface area (Å²) >= 11 is 0. The molecule has 0 unspecified atom stereocenters. The Morgan fingerprint density at radius 1 is 1.38 bits per heavy atom. The van der Waals surface area contributed by atoms with E-state index >= 15 is 0 Å². The van der Waals surface area contributed by atoms with Crippen molar-refractivity contribution in [1.29, 1.82) is 0 Å². The largest absolute Gasteiger partial charge is 0.341 e. The van der Waals surface area contributed by atoms with Gasteiger partial charge in [0.25, 0.3) is 5.91 Å². The number of imidazole rings is 1. The molecule has 3 rings (SSSR count). The predicted molar refractivity (Wildman–Crippen MR) is 72.0 cm³/mol. The van der Waals surface area contributed by atoms with Crippen molar-refractivity contribution in [1.82, 2.24) is 30.4 Å². The first-order chi connectivity index (χ1) is 10.2. The highest BCUT2D eigenvalue weighted by Gasteiger charge is 2.18. The molecule has 0 aliphatic carbocycles. The van der Waals surface area contributed by atoms with Gasteiger partial charge in [-0.3, -0.25) is 9.78 Å². The van der Waals surface area contributed by atoms with Crippen LogP contribution in [0.4, 0.5) is 0 Å². The number of hydrogen-bond donors (Lipinski definition) is 2. The van der Waals surface area contributed by atoms with Crippen molar-refractivity contribution >= 4 is 5.91 Å². The SMILES string of the molecule is C[C@H](NC(=O)c1cnc[nH]1)c1nc(-c2cccnc2)no1. The lowest BCUT2D eigenvalue weighted by atomic mass is 10.2. The van der Waals surface area contributed by atoms with Crippen molar-refractivity contribution < 1.29 is 9.32 Å². The molecule has 0 radical (unpaired) electrons. The second-order valence-corrected chi connectivity index (χ2v) is 4.36. The fraction of sp³-hybridized carbons (Fsp3) is 0.154. The van der Waals surface area contributed by atoms with Gasteiger partial charge in [0.15, 0.2) is 0 Å². The zero-order chi connectivity index (χ0) is 14.7. The van der Waals surface area contributed by atoms with Crippen LogP contribution in [0.2, 0.25) is 0 Å². The normalized spacial score (nSPS) is 12.0. The van der Waals surface area contributed by atoms with Gasteiger partial charge in [-0.25, -0.2) is 4.98 Å². The summed E-state index contributed by atoms with van der Waals surface area (Å²) in [6.07, 6.45) is 6.18. The van der Waals surface area contributed by atoms with Crippen LogP contribution >= 0.6 is 0 Å². The summed E-state index contributed by atoms with van der Waals surface area (Å²) in [5, 5.41) is 6.62. The second kappa shape index (κ2) is 5.53. The van der Waals surface area contributed by atoms with Gasteiger partial charge >= 0.3 is 0 Å². The molecule has 3 heterocycles. The third-order valence-corrected chi connectivity index (χ3v) is 2.82. The number of nitrogens with zero attached hydrogens (tertiary/aromatic N) is 4. The van der Waals surface area contributed by atoms with Gasteiger partial charge in [0.1, 0.15) is 11.7 Å². The van der Waals surface area contributed by atoms with Gasteiger partial charge in [0, 0.05) is 18.0 Å². The highest BCUT2D eigenvalue weighted by molar-refractivity contribution is 5.92. The van der Waals surface area contributed by atoms with E-state index in [1.807, 2.05) is 6.07 Å². The van der Waals surface area contributed by atoms with E-state index in [-0.39, 0.29) is 5.91 Å². The zero-order valence-corrected chi connectivity index (χ0v) is 11.1. The first kappa shape index (κ1) is 13.0. The molecule has 8 nitrogen and oxygen atoms in total. The Kier molecular flexibility index (Phi) is 3.42. The number of nitrogens with one attached hydrogen (secondary N) is 2. The highest BCUT2D eigenvalue weighted by atomic mass is 16.5. The number of aromatic nitrogens is 5. The van der Waals surface area contributed by atoms with Crippen LogP contribution in [-0.4, -0.2) is 31.0 Å². The van der Waals surface area contributed by atoms with Crippen LogP contribution < -0.4 is 5.32 Å². The van der Waals surface area contributed by atoms with E-state index in [1.165, 1.54) is 12.5 Å². The molecule has 0 bridgehead atoms. The quantitative estimate of drug-likeness (QED) is 0.748. The average Bonchev–Trinajstić information content (AvgIpc) is 3.20. The molecule has 0 spiro atoms. The third-order valence-electron chi connectivity index (χ3n) is 2.82. The molecule has 1 amide bonds. The van der Waals surface area contributed by atoms with Gasteiger partial charge in [0.2, 0.25) is 11.7 Å². The number of amides is 1. The van der Waals surface area contributed by atoms with Gasteiger partial charge in [-0.2, -0.15) is 4.98 Å². The summed E-state index contributed by atoms with van der Waals surface area (Å²) in [5.74, 6) is 0.462. The standard InChI is InChI=1S/C13H12N6O2/c1-8(17-12(20)10-6-15-7-16-10)13-18-11(19-21-13)9-3-2-4-14-5-9/h2-8H,1H3,(H,15,16)(H,17,20)/t8-/m0/s1. The van der Waals surface area contributed by atoms with E-state index in [4.69, 9.17) is 4.52 Å². The monoisotopic (exact) mass is 284 g/mol. The first-order valence-corrected chi connectivity index (χ1v) is 6.27. The molecule has 0 saturated carbocycles. The number of aromatic amines is 1. The van der Waals surface area contributed by atoms with E-state index in [2.05, 4.69) is 30.4 Å². The maximum absolute atomic E-state index is 11.9. The molecule has 0 aliphatic heterocycles. The van der Waals surface area contributed by atoms with Crippen LogP contribution in [0.25, 0.3) is 11.4 Å². The first-order valence-electron chi connectivity index (χ1n) is 6.27. The number of hydrogen-bond acceptors (Lipinski definition) is 6. The fourth-order valence-electron chi connectivity index (χ4n) is 1.74. The summed E-state index contributed by atoms with van der Waals surface area (Å²) < 4.78 is 5.17. The smallest absolute Gasteiger partial charge is 0.269 e. The Morgan fingerprint density at radius 2 is 2.29 bits per heavy atom. The topological polar surface area (TPSA) is 110 Å². The number of carbonyl (C=O) groups is 1. The maximum Gasteiger partial charge on any atom is 0.269 e. The van der Waals surface area contributed by atoms with Crippen LogP contribution in [0.3, 0.4) is 0 Å². The van der Waals surface area contributed by atoms with Crippen molar-refractivity contribution in [3.63, 3.8) is 0 Å². The number of rotatable bonds is 4. The molecule has 0 fully saturated rings. The van der Waals surface area contributed by atoms with Gasteiger partial charge in [-0.15, -0.1) is 0 Å². The zero-order valence-electron chi connectivity index (χ0n) is 11.1. The minimum absolute atomic E-state index is 0.291. The Bertz CT molecular complexity index is 722. The predicted octanol–water partition coefficient (Wildman–Crippen LogP) is 1.35. The summed E-state index contributed by atoms with van der Waals surface area (Å²) in [5.41, 5.74) is 1.12. The molecule has 3 aromatic rings. The van der Waals surface area contributed by atoms with Crippen molar-refractivity contribution in [2.45, 2.75) is 13.0 Å². The lowest BCUT2D eigenvalue weighted by Crippen LogP contribution is -2.27. The van der Waals surface area contributed by atoms with E-state index in [9.17, 15) is 4.79 Å². The fourth-order valence-corrected chi connectivity index (χ4v) is 1.74. The number of pyridine rings is 1. The van der Waals surface area contributed by atoms with Gasteiger partial charge in [0.05, 0.1) is 12.5 Å². The van der Waals surface area contributed by atoms with E-state index in [0.29, 0.717) is 17.4 Å². The van der Waals surface area contributed by atoms with Crippen LogP contribution in [0.1, 0.15) is 29.3 Å². The molecule has 0 aliphatic rings. The van der Waals surface area contributed by atoms with Crippen LogP contribution in [-0.2, 0) is 0 Å². The number of carbonyl (C=O) groups excluding carboxylic acids is 1. The molecule has 8 heteroatoms. The summed E-state index contributed by atoms with van der Waals surface area (Å²) in [6.45, 7) is 1.76. The highest BCUT2D eigenvalue weighted by Crippen LogP contribution is 2.17. The van der Waals surface area contributed by atoms with E-state index < -0.39 is 6.04 Å². The molecule has 2 N–H and O–H groups in total. The van der Waals surface area contributed by atoms with Crippen molar-refractivity contribution in [2.24, 2.45) is 0 Å². The third kappa shape index (κ3) is 2.78. The molecule has 0 aromatic carbocycles. The van der Waals surface area contributed by atoms with Crippen LogP contribution in [0.15, 0.2) is 41.6 Å². The Morgan fingerprint density at radius 3 is 3.00 bits per heavy atom. The van der Waals surface area contributed by atoms with Crippen molar-refractivity contribution in [3.8, 4) is 11.4 Å². The minimum Gasteiger partial charge on any atom is -0.341 e. The second-order valence-electron chi connectivity index (χ2n) is 4.36. The van der Waals surface area contributed by atoms with Gasteiger partial charge in [-0.1, -0.05) is 5.16 Å². The Balaban J connectivity index is 1.73. The molecule has 106 valence electrons. The molecular weight excluding hydrogens is 272 g/mol. The summed E-state index contributed by atoms with van der Waals surface area (Å²) in [7, 11) is 0.